The van der Waals surface area contributed by atoms with E-state index in [1.54, 1.807) is 6.07 Å². The predicted molar refractivity (Wildman–Crippen MR) is 83.5 cm³/mol. The van der Waals surface area contributed by atoms with E-state index in [1.807, 2.05) is 26.0 Å². The van der Waals surface area contributed by atoms with Gasteiger partial charge in [-0.1, -0.05) is 22.8 Å². The molecule has 1 amide bonds. The molecular weight excluding hydrogens is 302 g/mol. The molecule has 2 heterocycles. The SMILES string of the molecule is CC(C)(NC(=O)C1[C@H]2CNC[C@@H]12)c1noc2c(Cl)cccc12. The second-order valence-corrected chi connectivity index (χ2v) is 7.18. The first kappa shape index (κ1) is 14.0. The van der Waals surface area contributed by atoms with Crippen LogP contribution >= 0.6 is 11.6 Å². The number of amides is 1. The van der Waals surface area contributed by atoms with E-state index in [2.05, 4.69) is 15.8 Å². The van der Waals surface area contributed by atoms with Gasteiger partial charge in [0.2, 0.25) is 5.91 Å². The van der Waals surface area contributed by atoms with Crippen LogP contribution < -0.4 is 10.6 Å². The summed E-state index contributed by atoms with van der Waals surface area (Å²) in [6.45, 7) is 5.79. The summed E-state index contributed by atoms with van der Waals surface area (Å²) in [6.07, 6.45) is 0. The van der Waals surface area contributed by atoms with Crippen molar-refractivity contribution in [3.05, 3.63) is 28.9 Å². The van der Waals surface area contributed by atoms with Gasteiger partial charge in [-0.25, -0.2) is 0 Å². The maximum absolute atomic E-state index is 12.5. The lowest BCUT2D eigenvalue weighted by molar-refractivity contribution is -0.124. The van der Waals surface area contributed by atoms with Crippen molar-refractivity contribution in [2.24, 2.45) is 17.8 Å². The molecular formula is C16H18ClN3O2. The summed E-state index contributed by atoms with van der Waals surface area (Å²) in [6, 6.07) is 5.54. The van der Waals surface area contributed by atoms with Gasteiger partial charge in [-0.05, 0) is 50.9 Å². The minimum atomic E-state index is -0.600. The zero-order chi connectivity index (χ0) is 15.5. The van der Waals surface area contributed by atoms with E-state index in [0.29, 0.717) is 28.1 Å². The molecule has 4 rings (SSSR count). The molecule has 2 aliphatic rings. The average Bonchev–Trinajstić information content (AvgIpc) is 2.85. The first-order valence-corrected chi connectivity index (χ1v) is 7.94. The van der Waals surface area contributed by atoms with E-state index in [9.17, 15) is 4.79 Å². The van der Waals surface area contributed by atoms with E-state index >= 15 is 0 Å². The number of benzene rings is 1. The number of aromatic nitrogens is 1. The summed E-state index contributed by atoms with van der Waals surface area (Å²) in [5, 5.41) is 12.0. The van der Waals surface area contributed by atoms with E-state index in [1.165, 1.54) is 0 Å². The first-order chi connectivity index (χ1) is 10.5. The Morgan fingerprint density at radius 1 is 1.41 bits per heavy atom. The van der Waals surface area contributed by atoms with Crippen molar-refractivity contribution < 1.29 is 9.32 Å². The zero-order valence-corrected chi connectivity index (χ0v) is 13.3. The second kappa shape index (κ2) is 4.70. The molecule has 1 saturated carbocycles. The lowest BCUT2D eigenvalue weighted by atomic mass is 9.96. The highest BCUT2D eigenvalue weighted by Crippen LogP contribution is 2.49. The van der Waals surface area contributed by atoms with Gasteiger partial charge in [0, 0.05) is 11.3 Å². The van der Waals surface area contributed by atoms with Crippen LogP contribution in [-0.2, 0) is 10.3 Å². The van der Waals surface area contributed by atoms with Crippen LogP contribution in [0.25, 0.3) is 11.0 Å². The van der Waals surface area contributed by atoms with E-state index in [0.717, 1.165) is 18.5 Å². The molecule has 1 unspecified atom stereocenters. The predicted octanol–water partition coefficient (Wildman–Crippen LogP) is 2.30. The van der Waals surface area contributed by atoms with Crippen LogP contribution in [0.15, 0.2) is 22.7 Å². The number of halogens is 1. The van der Waals surface area contributed by atoms with Gasteiger partial charge in [0.25, 0.3) is 0 Å². The maximum atomic E-state index is 12.5. The normalized spacial score (nSPS) is 27.0. The number of para-hydroxylation sites is 1. The smallest absolute Gasteiger partial charge is 0.224 e. The van der Waals surface area contributed by atoms with Crippen molar-refractivity contribution in [2.45, 2.75) is 19.4 Å². The van der Waals surface area contributed by atoms with Gasteiger partial charge in [-0.15, -0.1) is 0 Å². The maximum Gasteiger partial charge on any atom is 0.224 e. The van der Waals surface area contributed by atoms with Gasteiger partial charge >= 0.3 is 0 Å². The molecule has 1 aliphatic heterocycles. The Hall–Kier alpha value is -1.59. The molecule has 6 heteroatoms. The van der Waals surface area contributed by atoms with E-state index in [4.69, 9.17) is 16.1 Å². The number of carbonyl (C=O) groups is 1. The molecule has 2 fully saturated rings. The molecule has 0 radical (unpaired) electrons. The van der Waals surface area contributed by atoms with Gasteiger partial charge in [0.1, 0.15) is 5.69 Å². The number of rotatable bonds is 3. The molecule has 2 N–H and O–H groups in total. The van der Waals surface area contributed by atoms with Gasteiger partial charge < -0.3 is 15.2 Å². The summed E-state index contributed by atoms with van der Waals surface area (Å²) in [4.78, 5) is 12.5. The van der Waals surface area contributed by atoms with Crippen LogP contribution in [-0.4, -0.2) is 24.2 Å². The summed E-state index contributed by atoms with van der Waals surface area (Å²) >= 11 is 6.12. The van der Waals surface area contributed by atoms with Crippen LogP contribution in [0, 0.1) is 17.8 Å². The fraction of sp³-hybridized carbons (Fsp3) is 0.500. The number of hydrogen-bond acceptors (Lipinski definition) is 4. The van der Waals surface area contributed by atoms with Crippen molar-refractivity contribution in [3.63, 3.8) is 0 Å². The Bertz CT molecular complexity index is 745. The third kappa shape index (κ3) is 2.03. The number of hydrogen-bond donors (Lipinski definition) is 2. The molecule has 0 spiro atoms. The molecule has 2 aromatic rings. The van der Waals surface area contributed by atoms with Gasteiger partial charge in [-0.3, -0.25) is 4.79 Å². The Morgan fingerprint density at radius 3 is 2.86 bits per heavy atom. The fourth-order valence-corrected chi connectivity index (χ4v) is 3.85. The monoisotopic (exact) mass is 319 g/mol. The summed E-state index contributed by atoms with van der Waals surface area (Å²) < 4.78 is 5.36. The molecule has 1 aromatic carbocycles. The van der Waals surface area contributed by atoms with Crippen LogP contribution in [0.4, 0.5) is 0 Å². The van der Waals surface area contributed by atoms with E-state index < -0.39 is 5.54 Å². The fourth-order valence-electron chi connectivity index (χ4n) is 3.64. The van der Waals surface area contributed by atoms with Gasteiger partial charge in [-0.2, -0.15) is 0 Å². The standard InChI is InChI=1S/C16H18ClN3O2/c1-16(2,19-15(21)12-9-6-18-7-10(9)12)14-8-4-3-5-11(17)13(8)22-20-14/h3-5,9-10,12,18H,6-7H2,1-2H3,(H,19,21)/t9-,10+,12?. The number of carbonyl (C=O) groups excluding carboxylic acids is 1. The van der Waals surface area contributed by atoms with Gasteiger partial charge in [0.05, 0.1) is 10.6 Å². The highest BCUT2D eigenvalue weighted by Gasteiger charge is 2.57. The third-order valence-corrected chi connectivity index (χ3v) is 5.17. The van der Waals surface area contributed by atoms with Crippen LogP contribution in [0.2, 0.25) is 5.02 Å². The molecule has 22 heavy (non-hydrogen) atoms. The molecule has 1 aliphatic carbocycles. The number of fused-ring (bicyclic) bond motifs is 2. The van der Waals surface area contributed by atoms with Crippen molar-refractivity contribution in [1.29, 1.82) is 0 Å². The second-order valence-electron chi connectivity index (χ2n) is 6.77. The molecule has 1 aromatic heterocycles. The van der Waals surface area contributed by atoms with Crippen molar-refractivity contribution in [3.8, 4) is 0 Å². The lowest BCUT2D eigenvalue weighted by Crippen LogP contribution is -2.43. The zero-order valence-electron chi connectivity index (χ0n) is 12.5. The summed E-state index contributed by atoms with van der Waals surface area (Å²) in [5.41, 5.74) is 0.674. The molecule has 3 atom stereocenters. The van der Waals surface area contributed by atoms with Crippen LogP contribution in [0.1, 0.15) is 19.5 Å². The largest absolute Gasteiger partial charge is 0.354 e. The molecule has 116 valence electrons. The highest BCUT2D eigenvalue weighted by atomic mass is 35.5. The Balaban J connectivity index is 1.59. The Kier molecular flexibility index (Phi) is 3.00. The summed E-state index contributed by atoms with van der Waals surface area (Å²) in [5.74, 6) is 1.25. The average molecular weight is 320 g/mol. The minimum Gasteiger partial charge on any atom is -0.354 e. The van der Waals surface area contributed by atoms with Crippen LogP contribution in [0.3, 0.4) is 0 Å². The number of nitrogens with one attached hydrogen (secondary N) is 2. The van der Waals surface area contributed by atoms with Crippen molar-refractivity contribution >= 4 is 28.5 Å². The quantitative estimate of drug-likeness (QED) is 0.911. The molecule has 0 bridgehead atoms. The molecule has 5 nitrogen and oxygen atoms in total. The lowest BCUT2D eigenvalue weighted by Gasteiger charge is -2.24. The first-order valence-electron chi connectivity index (χ1n) is 7.56. The number of nitrogens with zero attached hydrogens (tertiary/aromatic N) is 1. The van der Waals surface area contributed by atoms with Crippen molar-refractivity contribution in [1.82, 2.24) is 15.8 Å². The Labute approximate surface area is 133 Å². The minimum absolute atomic E-state index is 0.111. The molecule has 1 saturated heterocycles. The highest BCUT2D eigenvalue weighted by molar-refractivity contribution is 6.34. The Morgan fingerprint density at radius 2 is 2.14 bits per heavy atom. The number of piperidine rings is 1. The van der Waals surface area contributed by atoms with Crippen molar-refractivity contribution in [2.75, 3.05) is 13.1 Å². The van der Waals surface area contributed by atoms with E-state index in [-0.39, 0.29) is 11.8 Å². The topological polar surface area (TPSA) is 67.2 Å². The van der Waals surface area contributed by atoms with Crippen LogP contribution in [0.5, 0.6) is 0 Å². The van der Waals surface area contributed by atoms with Gasteiger partial charge in [0.15, 0.2) is 5.58 Å². The summed E-state index contributed by atoms with van der Waals surface area (Å²) in [7, 11) is 0. The third-order valence-electron chi connectivity index (χ3n) is 4.87.